The van der Waals surface area contributed by atoms with Crippen molar-refractivity contribution in [1.29, 1.82) is 0 Å². The number of hydrogen-bond donors (Lipinski definition) is 1. The first kappa shape index (κ1) is 13.2. The fourth-order valence-corrected chi connectivity index (χ4v) is 2.62. The van der Waals surface area contributed by atoms with Gasteiger partial charge in [-0.2, -0.15) is 0 Å². The van der Waals surface area contributed by atoms with Crippen molar-refractivity contribution in [2.75, 3.05) is 33.9 Å². The fourth-order valence-electron chi connectivity index (χ4n) is 2.62. The number of nitrogens with two attached hydrogens (primary N) is 1. The lowest BCUT2D eigenvalue weighted by molar-refractivity contribution is 0.245. The van der Waals surface area contributed by atoms with Crippen molar-refractivity contribution >= 4 is 0 Å². The molecular formula is C14H22N2O2. The number of rotatable bonds is 5. The summed E-state index contributed by atoms with van der Waals surface area (Å²) >= 11 is 0. The molecule has 1 unspecified atom stereocenters. The maximum absolute atomic E-state index is 5.95. The van der Waals surface area contributed by atoms with Gasteiger partial charge in [-0.25, -0.2) is 0 Å². The third kappa shape index (κ3) is 2.60. The van der Waals surface area contributed by atoms with Crippen LogP contribution in [0.15, 0.2) is 18.2 Å². The summed E-state index contributed by atoms with van der Waals surface area (Å²) in [7, 11) is 3.35. The van der Waals surface area contributed by atoms with E-state index in [2.05, 4.69) is 11.0 Å². The third-order valence-corrected chi connectivity index (χ3v) is 3.60. The molecule has 0 aromatic heterocycles. The largest absolute Gasteiger partial charge is 0.497 e. The second-order valence-corrected chi connectivity index (χ2v) is 4.60. The molecule has 1 aliphatic rings. The zero-order valence-corrected chi connectivity index (χ0v) is 11.2. The summed E-state index contributed by atoms with van der Waals surface area (Å²) in [5.74, 6) is 1.67. The van der Waals surface area contributed by atoms with E-state index in [1.807, 2.05) is 12.1 Å². The van der Waals surface area contributed by atoms with Crippen LogP contribution in [0.4, 0.5) is 0 Å². The van der Waals surface area contributed by atoms with Crippen molar-refractivity contribution in [3.05, 3.63) is 23.8 Å². The highest BCUT2D eigenvalue weighted by atomic mass is 16.5. The minimum atomic E-state index is 0.244. The normalized spacial score (nSPS) is 17.7. The molecule has 0 radical (unpaired) electrons. The van der Waals surface area contributed by atoms with Crippen LogP contribution in [0.3, 0.4) is 0 Å². The van der Waals surface area contributed by atoms with Gasteiger partial charge in [0.1, 0.15) is 11.5 Å². The van der Waals surface area contributed by atoms with E-state index in [0.29, 0.717) is 6.54 Å². The maximum Gasteiger partial charge on any atom is 0.127 e. The van der Waals surface area contributed by atoms with E-state index >= 15 is 0 Å². The lowest BCUT2D eigenvalue weighted by Crippen LogP contribution is -2.31. The molecule has 4 heteroatoms. The molecule has 2 rings (SSSR count). The molecule has 100 valence electrons. The van der Waals surface area contributed by atoms with E-state index in [4.69, 9.17) is 15.2 Å². The highest BCUT2D eigenvalue weighted by molar-refractivity contribution is 5.42. The molecule has 1 heterocycles. The van der Waals surface area contributed by atoms with Gasteiger partial charge >= 0.3 is 0 Å². The molecule has 1 atom stereocenters. The van der Waals surface area contributed by atoms with Gasteiger partial charge in [0, 0.05) is 18.2 Å². The van der Waals surface area contributed by atoms with E-state index in [1.165, 1.54) is 12.8 Å². The smallest absolute Gasteiger partial charge is 0.127 e. The van der Waals surface area contributed by atoms with Crippen molar-refractivity contribution in [3.8, 4) is 11.5 Å². The van der Waals surface area contributed by atoms with E-state index in [-0.39, 0.29) is 6.04 Å². The molecule has 2 N–H and O–H groups in total. The summed E-state index contributed by atoms with van der Waals surface area (Å²) in [6, 6.07) is 6.20. The minimum absolute atomic E-state index is 0.244. The molecule has 18 heavy (non-hydrogen) atoms. The first-order valence-corrected chi connectivity index (χ1v) is 6.46. The molecule has 0 spiro atoms. The first-order chi connectivity index (χ1) is 8.80. The van der Waals surface area contributed by atoms with Crippen molar-refractivity contribution in [3.63, 3.8) is 0 Å². The Bertz CT molecular complexity index is 389. The quantitative estimate of drug-likeness (QED) is 0.865. The van der Waals surface area contributed by atoms with Crippen molar-refractivity contribution in [2.24, 2.45) is 5.73 Å². The lowest BCUT2D eigenvalue weighted by atomic mass is 10.0. The number of hydrogen-bond acceptors (Lipinski definition) is 4. The third-order valence-electron chi connectivity index (χ3n) is 3.60. The van der Waals surface area contributed by atoms with Crippen LogP contribution in [-0.2, 0) is 0 Å². The van der Waals surface area contributed by atoms with Gasteiger partial charge < -0.3 is 15.2 Å². The van der Waals surface area contributed by atoms with Crippen molar-refractivity contribution in [2.45, 2.75) is 18.9 Å². The standard InChI is InChI=1S/C14H22N2O2/c1-17-11-5-6-12(14(9-11)18-2)13(10-15)16-7-3-4-8-16/h5-6,9,13H,3-4,7-8,10,15H2,1-2H3. The molecule has 0 amide bonds. The predicted octanol–water partition coefficient (Wildman–Crippen LogP) is 1.80. The number of likely N-dealkylation sites (tertiary alicyclic amines) is 1. The Morgan fingerprint density at radius 1 is 1.22 bits per heavy atom. The molecule has 1 aliphatic heterocycles. The van der Waals surface area contributed by atoms with Gasteiger partial charge in [-0.1, -0.05) is 6.07 Å². The summed E-state index contributed by atoms with van der Waals surface area (Å²) in [6.07, 6.45) is 2.52. The molecule has 1 fully saturated rings. The van der Waals surface area contributed by atoms with Gasteiger partial charge in [0.2, 0.25) is 0 Å². The Labute approximate surface area is 109 Å². The number of methoxy groups -OCH3 is 2. The zero-order valence-electron chi connectivity index (χ0n) is 11.2. The maximum atomic E-state index is 5.95. The van der Waals surface area contributed by atoms with Gasteiger partial charge in [0.25, 0.3) is 0 Å². The topological polar surface area (TPSA) is 47.7 Å². The number of nitrogens with zero attached hydrogens (tertiary/aromatic N) is 1. The van der Waals surface area contributed by atoms with E-state index in [1.54, 1.807) is 14.2 Å². The molecule has 4 nitrogen and oxygen atoms in total. The average molecular weight is 250 g/mol. The number of ether oxygens (including phenoxy) is 2. The van der Waals surface area contributed by atoms with Gasteiger partial charge in [-0.05, 0) is 32.0 Å². The van der Waals surface area contributed by atoms with E-state index in [9.17, 15) is 0 Å². The Hall–Kier alpha value is -1.26. The summed E-state index contributed by atoms with van der Waals surface area (Å²) in [5.41, 5.74) is 7.11. The van der Waals surface area contributed by atoms with Gasteiger partial charge in [-0.3, -0.25) is 4.90 Å². The van der Waals surface area contributed by atoms with Crippen LogP contribution in [0, 0.1) is 0 Å². The van der Waals surface area contributed by atoms with Gasteiger partial charge in [0.05, 0.1) is 20.3 Å². The molecule has 0 bridgehead atoms. The second kappa shape index (κ2) is 6.07. The Balaban J connectivity index is 2.28. The predicted molar refractivity (Wildman–Crippen MR) is 72.1 cm³/mol. The minimum Gasteiger partial charge on any atom is -0.497 e. The first-order valence-electron chi connectivity index (χ1n) is 6.46. The molecular weight excluding hydrogens is 228 g/mol. The zero-order chi connectivity index (χ0) is 13.0. The Morgan fingerprint density at radius 3 is 2.50 bits per heavy atom. The summed E-state index contributed by atoms with van der Waals surface area (Å²) < 4.78 is 10.7. The van der Waals surface area contributed by atoms with Crippen LogP contribution < -0.4 is 15.2 Å². The second-order valence-electron chi connectivity index (χ2n) is 4.60. The van der Waals surface area contributed by atoms with Gasteiger partial charge in [-0.15, -0.1) is 0 Å². The van der Waals surface area contributed by atoms with E-state index < -0.39 is 0 Å². The molecule has 0 aliphatic carbocycles. The summed E-state index contributed by atoms with van der Waals surface area (Å²) in [4.78, 5) is 2.43. The molecule has 1 aromatic rings. The van der Waals surface area contributed by atoms with Crippen molar-refractivity contribution in [1.82, 2.24) is 4.90 Å². The van der Waals surface area contributed by atoms with Crippen LogP contribution in [-0.4, -0.2) is 38.8 Å². The van der Waals surface area contributed by atoms with Crippen LogP contribution in [0.5, 0.6) is 11.5 Å². The average Bonchev–Trinajstić information content (AvgIpc) is 2.94. The highest BCUT2D eigenvalue weighted by Gasteiger charge is 2.24. The molecule has 1 aromatic carbocycles. The van der Waals surface area contributed by atoms with Crippen LogP contribution in [0.25, 0.3) is 0 Å². The fraction of sp³-hybridized carbons (Fsp3) is 0.571. The van der Waals surface area contributed by atoms with Crippen LogP contribution in [0.2, 0.25) is 0 Å². The van der Waals surface area contributed by atoms with E-state index in [0.717, 1.165) is 30.2 Å². The van der Waals surface area contributed by atoms with Crippen LogP contribution in [0.1, 0.15) is 24.4 Å². The monoisotopic (exact) mass is 250 g/mol. The van der Waals surface area contributed by atoms with Gasteiger partial charge in [0.15, 0.2) is 0 Å². The summed E-state index contributed by atoms with van der Waals surface area (Å²) in [6.45, 7) is 2.86. The van der Waals surface area contributed by atoms with Crippen LogP contribution >= 0.6 is 0 Å². The number of benzene rings is 1. The van der Waals surface area contributed by atoms with Crippen molar-refractivity contribution < 1.29 is 9.47 Å². The Morgan fingerprint density at radius 2 is 1.94 bits per heavy atom. The molecule has 1 saturated heterocycles. The Kier molecular flexibility index (Phi) is 4.44. The highest BCUT2D eigenvalue weighted by Crippen LogP contribution is 2.33. The summed E-state index contributed by atoms with van der Waals surface area (Å²) in [5, 5.41) is 0. The molecule has 0 saturated carbocycles. The SMILES string of the molecule is COc1ccc(C(CN)N2CCCC2)c(OC)c1. The lowest BCUT2D eigenvalue weighted by Gasteiger charge is -2.28.